The summed E-state index contributed by atoms with van der Waals surface area (Å²) in [6.07, 6.45) is 3.61. The molecule has 0 radical (unpaired) electrons. The zero-order valence-electron chi connectivity index (χ0n) is 21.9. The van der Waals surface area contributed by atoms with Crippen LogP contribution in [0.3, 0.4) is 0 Å². The molecule has 0 aliphatic heterocycles. The molecule has 1 heterocycles. The van der Waals surface area contributed by atoms with Gasteiger partial charge in [0.05, 0.1) is 20.8 Å². The zero-order valence-corrected chi connectivity index (χ0v) is 21.9. The van der Waals surface area contributed by atoms with Gasteiger partial charge in [0.1, 0.15) is 18.1 Å². The highest BCUT2D eigenvalue weighted by molar-refractivity contribution is 5.85. The summed E-state index contributed by atoms with van der Waals surface area (Å²) in [4.78, 5) is 30.3. The Morgan fingerprint density at radius 2 is 1.65 bits per heavy atom. The fraction of sp³-hybridized carbons (Fsp3) is 0.400. The molecule has 0 bridgehead atoms. The largest absolute Gasteiger partial charge is 0.493 e. The summed E-state index contributed by atoms with van der Waals surface area (Å²) >= 11 is 0. The predicted octanol–water partition coefficient (Wildman–Crippen LogP) is 4.80. The summed E-state index contributed by atoms with van der Waals surface area (Å²) < 4.78 is 16.5. The van der Waals surface area contributed by atoms with Gasteiger partial charge in [-0.1, -0.05) is 36.4 Å². The summed E-state index contributed by atoms with van der Waals surface area (Å²) in [6.45, 7) is 2.82. The molecule has 0 spiro atoms. The molecule has 1 aliphatic carbocycles. The number of ether oxygens (including phenoxy) is 2. The highest BCUT2D eigenvalue weighted by Gasteiger charge is 2.34. The highest BCUT2D eigenvalue weighted by Crippen LogP contribution is 2.29. The Balaban J connectivity index is 1.43. The Morgan fingerprint density at radius 3 is 2.30 bits per heavy atom. The Bertz CT molecular complexity index is 1190. The van der Waals surface area contributed by atoms with Crippen LogP contribution in [-0.2, 0) is 29.0 Å². The molecule has 2 aromatic carbocycles. The first-order valence-electron chi connectivity index (χ1n) is 12.8. The van der Waals surface area contributed by atoms with E-state index in [-0.39, 0.29) is 24.4 Å². The van der Waals surface area contributed by atoms with Gasteiger partial charge in [-0.2, -0.15) is 0 Å². The van der Waals surface area contributed by atoms with Crippen molar-refractivity contribution in [1.29, 1.82) is 0 Å². The summed E-state index contributed by atoms with van der Waals surface area (Å²) in [5, 5.41) is 0. The van der Waals surface area contributed by atoms with E-state index in [0.29, 0.717) is 43.9 Å². The third kappa shape index (κ3) is 7.38. The molecule has 2 amide bonds. The molecular formula is C30H36N2O5. The Kier molecular flexibility index (Phi) is 8.88. The van der Waals surface area contributed by atoms with Crippen molar-refractivity contribution in [3.8, 4) is 11.5 Å². The lowest BCUT2D eigenvalue weighted by Crippen LogP contribution is -2.44. The Hall–Kier alpha value is -3.74. The van der Waals surface area contributed by atoms with Gasteiger partial charge in [0, 0.05) is 19.0 Å². The standard InChI is InChI=1S/C30H36N2O5/c1-22-9-14-26(37-22)20-31(18-17-24-10-15-27(35-2)28(19-24)36-3)30(34)21-32(25-12-13-25)29(33)16-11-23-7-5-4-6-8-23/h4-10,14-15,19,25H,11-13,16-18,20-21H2,1-3H3. The maximum absolute atomic E-state index is 13.6. The summed E-state index contributed by atoms with van der Waals surface area (Å²) in [7, 11) is 3.22. The van der Waals surface area contributed by atoms with Crippen molar-refractivity contribution >= 4 is 11.8 Å². The predicted molar refractivity (Wildman–Crippen MR) is 142 cm³/mol. The van der Waals surface area contributed by atoms with E-state index in [1.165, 1.54) is 0 Å². The third-order valence-corrected chi connectivity index (χ3v) is 6.70. The average molecular weight is 505 g/mol. The number of hydrogen-bond acceptors (Lipinski definition) is 5. The van der Waals surface area contributed by atoms with Crippen molar-refractivity contribution in [1.82, 2.24) is 9.80 Å². The molecule has 7 nitrogen and oxygen atoms in total. The molecule has 3 aromatic rings. The molecule has 0 N–H and O–H groups in total. The quantitative estimate of drug-likeness (QED) is 0.334. The summed E-state index contributed by atoms with van der Waals surface area (Å²) in [5.41, 5.74) is 2.16. The molecule has 1 fully saturated rings. The highest BCUT2D eigenvalue weighted by atomic mass is 16.5. The second kappa shape index (κ2) is 12.5. The van der Waals surface area contributed by atoms with E-state index in [0.717, 1.165) is 35.5 Å². The molecule has 1 saturated carbocycles. The molecule has 37 heavy (non-hydrogen) atoms. The lowest BCUT2D eigenvalue weighted by Gasteiger charge is -2.27. The van der Waals surface area contributed by atoms with E-state index >= 15 is 0 Å². The van der Waals surface area contributed by atoms with Crippen molar-refractivity contribution in [3.63, 3.8) is 0 Å². The van der Waals surface area contributed by atoms with Crippen LogP contribution < -0.4 is 9.47 Å². The molecule has 7 heteroatoms. The fourth-order valence-corrected chi connectivity index (χ4v) is 4.44. The van der Waals surface area contributed by atoms with Gasteiger partial charge in [-0.3, -0.25) is 9.59 Å². The number of methoxy groups -OCH3 is 2. The molecule has 0 atom stereocenters. The van der Waals surface area contributed by atoms with Gasteiger partial charge in [-0.25, -0.2) is 0 Å². The van der Waals surface area contributed by atoms with E-state index in [2.05, 4.69) is 0 Å². The lowest BCUT2D eigenvalue weighted by molar-refractivity contribution is -0.141. The van der Waals surface area contributed by atoms with Crippen molar-refractivity contribution in [2.45, 2.75) is 51.6 Å². The van der Waals surface area contributed by atoms with Gasteiger partial charge in [0.15, 0.2) is 11.5 Å². The number of furan rings is 1. The molecular weight excluding hydrogens is 468 g/mol. The number of hydrogen-bond donors (Lipinski definition) is 0. The zero-order chi connectivity index (χ0) is 26.2. The molecule has 0 unspecified atom stereocenters. The van der Waals surface area contributed by atoms with Crippen molar-refractivity contribution < 1.29 is 23.5 Å². The van der Waals surface area contributed by atoms with Crippen LogP contribution in [0.2, 0.25) is 0 Å². The second-order valence-corrected chi connectivity index (χ2v) is 9.51. The minimum atomic E-state index is -0.0745. The fourth-order valence-electron chi connectivity index (χ4n) is 4.44. The number of aryl methyl sites for hydroxylation is 2. The van der Waals surface area contributed by atoms with Crippen LogP contribution >= 0.6 is 0 Å². The number of carbonyl (C=O) groups is 2. The van der Waals surface area contributed by atoms with Crippen molar-refractivity contribution in [2.24, 2.45) is 0 Å². The summed E-state index contributed by atoms with van der Waals surface area (Å²) in [5.74, 6) is 2.81. The minimum Gasteiger partial charge on any atom is -0.493 e. The Morgan fingerprint density at radius 1 is 0.892 bits per heavy atom. The molecule has 196 valence electrons. The molecule has 1 aliphatic rings. The van der Waals surface area contributed by atoms with Gasteiger partial charge in [-0.15, -0.1) is 0 Å². The van der Waals surface area contributed by atoms with E-state index < -0.39 is 0 Å². The van der Waals surface area contributed by atoms with E-state index in [4.69, 9.17) is 13.9 Å². The van der Waals surface area contributed by atoms with Gasteiger partial charge < -0.3 is 23.7 Å². The topological polar surface area (TPSA) is 72.2 Å². The monoisotopic (exact) mass is 504 g/mol. The number of rotatable bonds is 13. The SMILES string of the molecule is COc1ccc(CCN(Cc2ccc(C)o2)C(=O)CN(C(=O)CCc2ccccc2)C2CC2)cc1OC. The number of nitrogens with zero attached hydrogens (tertiary/aromatic N) is 2. The number of carbonyl (C=O) groups excluding carboxylic acids is 2. The van der Waals surface area contributed by atoms with Gasteiger partial charge in [0.2, 0.25) is 11.8 Å². The summed E-state index contributed by atoms with van der Waals surface area (Å²) in [6, 6.07) is 19.7. The minimum absolute atomic E-state index is 0.0355. The van der Waals surface area contributed by atoms with Crippen LogP contribution in [0, 0.1) is 6.92 Å². The maximum atomic E-state index is 13.6. The first-order chi connectivity index (χ1) is 18.0. The van der Waals surface area contributed by atoms with Gasteiger partial charge >= 0.3 is 0 Å². The van der Waals surface area contributed by atoms with E-state index in [1.807, 2.05) is 67.6 Å². The van der Waals surface area contributed by atoms with Crippen molar-refractivity contribution in [3.05, 3.63) is 83.3 Å². The first kappa shape index (κ1) is 26.3. The number of benzene rings is 2. The van der Waals surface area contributed by atoms with Gasteiger partial charge in [0.25, 0.3) is 0 Å². The van der Waals surface area contributed by atoms with Crippen LogP contribution in [0.1, 0.15) is 41.9 Å². The van der Waals surface area contributed by atoms with Crippen LogP contribution in [0.25, 0.3) is 0 Å². The van der Waals surface area contributed by atoms with Crippen molar-refractivity contribution in [2.75, 3.05) is 27.3 Å². The van der Waals surface area contributed by atoms with Gasteiger partial charge in [-0.05, 0) is 68.0 Å². The molecule has 1 aromatic heterocycles. The Labute approximate surface area is 219 Å². The van der Waals surface area contributed by atoms with E-state index in [1.54, 1.807) is 24.0 Å². The van der Waals surface area contributed by atoms with Crippen LogP contribution in [0.5, 0.6) is 11.5 Å². The van der Waals surface area contributed by atoms with Crippen LogP contribution in [0.4, 0.5) is 0 Å². The average Bonchev–Trinajstić information content (AvgIpc) is 3.68. The third-order valence-electron chi connectivity index (χ3n) is 6.70. The lowest BCUT2D eigenvalue weighted by atomic mass is 10.1. The van der Waals surface area contributed by atoms with Crippen LogP contribution in [-0.4, -0.2) is 55.0 Å². The first-order valence-corrected chi connectivity index (χ1v) is 12.8. The normalized spacial score (nSPS) is 12.7. The second-order valence-electron chi connectivity index (χ2n) is 9.51. The molecule has 0 saturated heterocycles. The van der Waals surface area contributed by atoms with Crippen LogP contribution in [0.15, 0.2) is 65.1 Å². The smallest absolute Gasteiger partial charge is 0.242 e. The molecule has 4 rings (SSSR count). The van der Waals surface area contributed by atoms with E-state index in [9.17, 15) is 9.59 Å². The maximum Gasteiger partial charge on any atom is 0.242 e. The number of amides is 2.